The summed E-state index contributed by atoms with van der Waals surface area (Å²) < 4.78 is 39.1. The van der Waals surface area contributed by atoms with Crippen molar-refractivity contribution < 1.29 is 27.9 Å². The monoisotopic (exact) mass is 330 g/mol. The first kappa shape index (κ1) is 17.3. The van der Waals surface area contributed by atoms with E-state index in [0.717, 1.165) is 15.9 Å². The molecule has 3 amide bonds. The minimum absolute atomic E-state index is 0.00631. The molecule has 0 aromatic heterocycles. The van der Waals surface area contributed by atoms with Crippen LogP contribution in [0.25, 0.3) is 0 Å². The van der Waals surface area contributed by atoms with Gasteiger partial charge >= 0.3 is 12.2 Å². The van der Waals surface area contributed by atoms with Gasteiger partial charge in [0.25, 0.3) is 5.91 Å². The third kappa shape index (κ3) is 2.78. The van der Waals surface area contributed by atoms with Crippen LogP contribution in [-0.2, 0) is 11.0 Å². The topological polar surface area (TPSA) is 60.9 Å². The zero-order valence-corrected chi connectivity index (χ0v) is 12.9. The first-order chi connectivity index (χ1) is 10.5. The number of nitrogens with zero attached hydrogens (tertiary/aromatic N) is 2. The summed E-state index contributed by atoms with van der Waals surface area (Å²) in [6.07, 6.45) is -4.58. The van der Waals surface area contributed by atoms with Crippen LogP contribution < -0.4 is 4.90 Å². The normalized spacial score (nSPS) is 18.0. The summed E-state index contributed by atoms with van der Waals surface area (Å²) in [5.41, 5.74) is -2.25. The molecule has 0 atom stereocenters. The van der Waals surface area contributed by atoms with Gasteiger partial charge in [0.2, 0.25) is 0 Å². The Hall–Kier alpha value is -2.09. The van der Waals surface area contributed by atoms with Crippen LogP contribution in [-0.4, -0.2) is 40.6 Å². The molecule has 0 saturated carbocycles. The fourth-order valence-corrected chi connectivity index (χ4v) is 2.59. The number of rotatable bonds is 3. The zero-order valence-electron chi connectivity index (χ0n) is 12.9. The highest BCUT2D eigenvalue weighted by Crippen LogP contribution is 2.37. The molecule has 1 aliphatic rings. The summed E-state index contributed by atoms with van der Waals surface area (Å²) in [7, 11) is 0. The van der Waals surface area contributed by atoms with E-state index in [1.807, 2.05) is 0 Å². The highest BCUT2D eigenvalue weighted by atomic mass is 19.4. The Bertz CT molecular complexity index is 656. The predicted octanol–water partition coefficient (Wildman–Crippen LogP) is 2.55. The molecule has 0 bridgehead atoms. The Morgan fingerprint density at radius 3 is 2.35 bits per heavy atom. The van der Waals surface area contributed by atoms with Crippen molar-refractivity contribution in [2.75, 3.05) is 18.1 Å². The molecule has 1 N–H and O–H groups in total. The molecule has 0 aliphatic carbocycles. The lowest BCUT2D eigenvalue weighted by Crippen LogP contribution is -2.45. The Morgan fingerprint density at radius 2 is 1.83 bits per heavy atom. The van der Waals surface area contributed by atoms with Gasteiger partial charge in [0.15, 0.2) is 0 Å². The lowest BCUT2D eigenvalue weighted by atomic mass is 10.0. The smallest absolute Gasteiger partial charge is 0.395 e. The SMILES string of the molecule is Cc1ccc(N2C(=O)N(CCO)C(C)(C)C2=O)cc1C(F)(F)F. The molecule has 0 unspecified atom stereocenters. The molecule has 0 radical (unpaired) electrons. The third-order valence-electron chi connectivity index (χ3n) is 3.93. The van der Waals surface area contributed by atoms with E-state index in [4.69, 9.17) is 5.11 Å². The van der Waals surface area contributed by atoms with E-state index in [2.05, 4.69) is 0 Å². The summed E-state index contributed by atoms with van der Waals surface area (Å²) in [6, 6.07) is 2.58. The Labute approximate surface area is 131 Å². The van der Waals surface area contributed by atoms with Crippen LogP contribution in [0.3, 0.4) is 0 Å². The van der Waals surface area contributed by atoms with E-state index >= 15 is 0 Å². The fraction of sp³-hybridized carbons (Fsp3) is 0.467. The minimum atomic E-state index is -4.58. The number of urea groups is 1. The standard InChI is InChI=1S/C15H17F3N2O3/c1-9-4-5-10(8-11(9)15(16,17)18)20-12(22)14(2,3)19(6-7-21)13(20)23/h4-5,8,21H,6-7H2,1-3H3. The number of β-amino-alcohol motifs (C(OH)–C–C–N with tert-alkyl or cyclic N) is 1. The first-order valence-electron chi connectivity index (χ1n) is 6.96. The highest BCUT2D eigenvalue weighted by Gasteiger charge is 2.51. The number of alkyl halides is 3. The molecule has 1 saturated heterocycles. The van der Waals surface area contributed by atoms with Crippen LogP contribution in [0.5, 0.6) is 0 Å². The maximum absolute atomic E-state index is 13.0. The molecule has 5 nitrogen and oxygen atoms in total. The van der Waals surface area contributed by atoms with Crippen LogP contribution in [0.1, 0.15) is 25.0 Å². The van der Waals surface area contributed by atoms with Crippen molar-refractivity contribution >= 4 is 17.6 Å². The van der Waals surface area contributed by atoms with Crippen molar-refractivity contribution in [3.8, 4) is 0 Å². The number of halogens is 3. The van der Waals surface area contributed by atoms with Gasteiger partial charge in [0, 0.05) is 6.54 Å². The lowest BCUT2D eigenvalue weighted by Gasteiger charge is -2.26. The van der Waals surface area contributed by atoms with Gasteiger partial charge in [-0.05, 0) is 38.5 Å². The van der Waals surface area contributed by atoms with Crippen molar-refractivity contribution in [2.45, 2.75) is 32.5 Å². The maximum atomic E-state index is 13.0. The fourth-order valence-electron chi connectivity index (χ4n) is 2.59. The van der Waals surface area contributed by atoms with Crippen molar-refractivity contribution in [3.05, 3.63) is 29.3 Å². The summed E-state index contributed by atoms with van der Waals surface area (Å²) in [4.78, 5) is 26.7. The van der Waals surface area contributed by atoms with Crippen molar-refractivity contribution in [1.82, 2.24) is 4.90 Å². The molecule has 1 aromatic carbocycles. The Balaban J connectivity index is 2.51. The zero-order chi connectivity index (χ0) is 17.6. The van der Waals surface area contributed by atoms with Gasteiger partial charge in [-0.3, -0.25) is 4.79 Å². The number of aliphatic hydroxyl groups is 1. The van der Waals surface area contributed by atoms with Crippen LogP contribution >= 0.6 is 0 Å². The van der Waals surface area contributed by atoms with Crippen LogP contribution in [0, 0.1) is 6.92 Å². The minimum Gasteiger partial charge on any atom is -0.395 e. The largest absolute Gasteiger partial charge is 0.416 e. The number of imide groups is 1. The van der Waals surface area contributed by atoms with Crippen LogP contribution in [0.15, 0.2) is 18.2 Å². The summed E-state index contributed by atoms with van der Waals surface area (Å²) in [6.45, 7) is 3.86. The van der Waals surface area contributed by atoms with E-state index < -0.39 is 29.2 Å². The van der Waals surface area contributed by atoms with Gasteiger partial charge in [-0.15, -0.1) is 0 Å². The van der Waals surface area contributed by atoms with Crippen molar-refractivity contribution in [1.29, 1.82) is 0 Å². The van der Waals surface area contributed by atoms with Gasteiger partial charge in [-0.25, -0.2) is 9.69 Å². The number of benzene rings is 1. The molecular formula is C15H17F3N2O3. The van der Waals surface area contributed by atoms with Gasteiger partial charge < -0.3 is 10.0 Å². The Kier molecular flexibility index (Phi) is 4.14. The number of aryl methyl sites for hydroxylation is 1. The molecule has 126 valence electrons. The quantitative estimate of drug-likeness (QED) is 0.867. The number of amides is 3. The molecule has 2 rings (SSSR count). The molecule has 1 aliphatic heterocycles. The van der Waals surface area contributed by atoms with Gasteiger partial charge in [-0.2, -0.15) is 13.2 Å². The molecule has 0 spiro atoms. The molecule has 1 aromatic rings. The van der Waals surface area contributed by atoms with E-state index in [1.54, 1.807) is 0 Å². The van der Waals surface area contributed by atoms with E-state index in [1.165, 1.54) is 32.9 Å². The Morgan fingerprint density at radius 1 is 1.22 bits per heavy atom. The second kappa shape index (κ2) is 5.52. The van der Waals surface area contributed by atoms with Crippen molar-refractivity contribution in [2.24, 2.45) is 0 Å². The van der Waals surface area contributed by atoms with E-state index in [0.29, 0.717) is 0 Å². The molecule has 1 fully saturated rings. The first-order valence-corrected chi connectivity index (χ1v) is 6.96. The third-order valence-corrected chi connectivity index (χ3v) is 3.93. The molecule has 1 heterocycles. The second-order valence-corrected chi connectivity index (χ2v) is 5.85. The maximum Gasteiger partial charge on any atom is 0.416 e. The number of hydrogen-bond acceptors (Lipinski definition) is 3. The number of carbonyl (C=O) groups excluding carboxylic acids is 2. The number of anilines is 1. The van der Waals surface area contributed by atoms with Crippen LogP contribution in [0.4, 0.5) is 23.7 Å². The van der Waals surface area contributed by atoms with Crippen LogP contribution in [0.2, 0.25) is 0 Å². The molecule has 23 heavy (non-hydrogen) atoms. The average molecular weight is 330 g/mol. The van der Waals surface area contributed by atoms with Gasteiger partial charge in [-0.1, -0.05) is 6.07 Å². The average Bonchev–Trinajstić information content (AvgIpc) is 2.60. The number of hydrogen-bond donors (Lipinski definition) is 1. The second-order valence-electron chi connectivity index (χ2n) is 5.85. The van der Waals surface area contributed by atoms with E-state index in [-0.39, 0.29) is 24.4 Å². The molecular weight excluding hydrogens is 313 g/mol. The lowest BCUT2D eigenvalue weighted by molar-refractivity contribution is -0.138. The number of carbonyl (C=O) groups is 2. The molecule has 8 heteroatoms. The van der Waals surface area contributed by atoms with E-state index in [9.17, 15) is 22.8 Å². The van der Waals surface area contributed by atoms with Gasteiger partial charge in [0.05, 0.1) is 17.9 Å². The highest BCUT2D eigenvalue weighted by molar-refractivity contribution is 6.23. The summed E-state index contributed by atoms with van der Waals surface area (Å²) >= 11 is 0. The predicted molar refractivity (Wildman–Crippen MR) is 76.9 cm³/mol. The van der Waals surface area contributed by atoms with Gasteiger partial charge in [0.1, 0.15) is 5.54 Å². The summed E-state index contributed by atoms with van der Waals surface area (Å²) in [5.74, 6) is -0.632. The summed E-state index contributed by atoms with van der Waals surface area (Å²) in [5, 5.41) is 9.03. The number of aliphatic hydroxyl groups excluding tert-OH is 1. The van der Waals surface area contributed by atoms with Crippen molar-refractivity contribution in [3.63, 3.8) is 0 Å².